The molecule has 1 N–H and O–H groups in total. The van der Waals surface area contributed by atoms with E-state index >= 15 is 0 Å². The van der Waals surface area contributed by atoms with Gasteiger partial charge in [-0.1, -0.05) is 13.0 Å². The van der Waals surface area contributed by atoms with Gasteiger partial charge in [-0.05, 0) is 50.6 Å². The highest BCUT2D eigenvalue weighted by molar-refractivity contribution is 8.01. The van der Waals surface area contributed by atoms with Gasteiger partial charge < -0.3 is 10.1 Å². The fraction of sp³-hybridized carbons (Fsp3) is 0.667. The molecule has 0 aromatic carbocycles. The highest BCUT2D eigenvalue weighted by Crippen LogP contribution is 2.40. The van der Waals surface area contributed by atoms with Gasteiger partial charge in [0.1, 0.15) is 5.54 Å². The fourth-order valence-corrected chi connectivity index (χ4v) is 5.23. The summed E-state index contributed by atoms with van der Waals surface area (Å²) in [5.41, 5.74) is -0.474. The first-order valence-corrected chi connectivity index (χ1v) is 9.08. The number of likely N-dealkylation sites (N-methyl/N-ethyl adjacent to an activating group) is 1. The summed E-state index contributed by atoms with van der Waals surface area (Å²) < 4.78 is 6.65. The van der Waals surface area contributed by atoms with E-state index in [1.807, 2.05) is 18.7 Å². The average molecular weight is 313 g/mol. The van der Waals surface area contributed by atoms with Crippen molar-refractivity contribution < 1.29 is 9.53 Å². The Labute approximate surface area is 129 Å². The van der Waals surface area contributed by atoms with Crippen molar-refractivity contribution in [3.8, 4) is 0 Å². The molecule has 1 aromatic heterocycles. The molecule has 5 heteroatoms. The summed E-state index contributed by atoms with van der Waals surface area (Å²) in [4.78, 5) is 12.4. The van der Waals surface area contributed by atoms with Crippen molar-refractivity contribution in [3.05, 3.63) is 17.5 Å². The molecule has 1 heterocycles. The zero-order valence-electron chi connectivity index (χ0n) is 12.2. The van der Waals surface area contributed by atoms with E-state index in [0.717, 1.165) is 25.8 Å². The van der Waals surface area contributed by atoms with Gasteiger partial charge >= 0.3 is 5.97 Å². The molecule has 1 aromatic rings. The van der Waals surface area contributed by atoms with E-state index in [0.29, 0.717) is 11.9 Å². The molecule has 112 valence electrons. The molecule has 2 rings (SSSR count). The molecule has 0 bridgehead atoms. The molecule has 1 aliphatic carbocycles. The lowest BCUT2D eigenvalue weighted by Crippen LogP contribution is -2.56. The maximum absolute atomic E-state index is 12.4. The van der Waals surface area contributed by atoms with Crippen molar-refractivity contribution in [1.82, 2.24) is 5.32 Å². The summed E-state index contributed by atoms with van der Waals surface area (Å²) in [6.45, 7) is 5.18. The molecular weight excluding hydrogens is 290 g/mol. The lowest BCUT2D eigenvalue weighted by Gasteiger charge is -2.39. The summed E-state index contributed by atoms with van der Waals surface area (Å²) in [6, 6.07) is 4.24. The quantitative estimate of drug-likeness (QED) is 0.813. The second-order valence-corrected chi connectivity index (χ2v) is 7.65. The van der Waals surface area contributed by atoms with Gasteiger partial charge in [-0.25, -0.2) is 0 Å². The summed E-state index contributed by atoms with van der Waals surface area (Å²) in [6.07, 6.45) is 4.01. The number of hydrogen-bond acceptors (Lipinski definition) is 5. The van der Waals surface area contributed by atoms with Crippen LogP contribution in [0, 0.1) is 0 Å². The Balaban J connectivity index is 2.06. The lowest BCUT2D eigenvalue weighted by atomic mass is 9.81. The molecule has 0 amide bonds. The first kappa shape index (κ1) is 15.9. The van der Waals surface area contributed by atoms with E-state index in [2.05, 4.69) is 29.8 Å². The Morgan fingerprint density at radius 2 is 2.45 bits per heavy atom. The zero-order valence-corrected chi connectivity index (χ0v) is 13.8. The van der Waals surface area contributed by atoms with Crippen molar-refractivity contribution >= 4 is 29.1 Å². The van der Waals surface area contributed by atoms with Gasteiger partial charge in [0.15, 0.2) is 0 Å². The second kappa shape index (κ2) is 7.48. The third-order valence-electron chi connectivity index (χ3n) is 3.67. The van der Waals surface area contributed by atoms with Gasteiger partial charge in [-0.15, -0.1) is 23.1 Å². The summed E-state index contributed by atoms with van der Waals surface area (Å²) >= 11 is 3.68. The number of hydrogen-bond donors (Lipinski definition) is 1. The van der Waals surface area contributed by atoms with Crippen LogP contribution in [0.1, 0.15) is 39.5 Å². The van der Waals surface area contributed by atoms with Crippen LogP contribution in [0.5, 0.6) is 0 Å². The molecule has 20 heavy (non-hydrogen) atoms. The summed E-state index contributed by atoms with van der Waals surface area (Å²) in [7, 11) is 0. The SMILES string of the molecule is CCNC1(C(=O)OCC)CCCC(Sc2cccs2)C1. The second-order valence-electron chi connectivity index (χ2n) is 5.10. The summed E-state index contributed by atoms with van der Waals surface area (Å²) in [5, 5.41) is 6.00. The van der Waals surface area contributed by atoms with Crippen molar-refractivity contribution in [2.75, 3.05) is 13.2 Å². The number of ether oxygens (including phenoxy) is 1. The largest absolute Gasteiger partial charge is 0.465 e. The molecule has 1 saturated carbocycles. The Bertz CT molecular complexity index is 418. The van der Waals surface area contributed by atoms with Crippen LogP contribution >= 0.6 is 23.1 Å². The van der Waals surface area contributed by atoms with Gasteiger partial charge in [0.2, 0.25) is 0 Å². The van der Waals surface area contributed by atoms with E-state index in [-0.39, 0.29) is 5.97 Å². The fourth-order valence-electron chi connectivity index (χ4n) is 2.85. The molecule has 0 aliphatic heterocycles. The molecule has 1 fully saturated rings. The van der Waals surface area contributed by atoms with E-state index in [4.69, 9.17) is 4.74 Å². The van der Waals surface area contributed by atoms with E-state index in [1.165, 1.54) is 10.6 Å². The van der Waals surface area contributed by atoms with Crippen LogP contribution in [-0.2, 0) is 9.53 Å². The van der Waals surface area contributed by atoms with Crippen LogP contribution in [0.25, 0.3) is 0 Å². The van der Waals surface area contributed by atoms with Crippen LogP contribution in [0.2, 0.25) is 0 Å². The monoisotopic (exact) mass is 313 g/mol. The third kappa shape index (κ3) is 3.77. The molecule has 3 nitrogen and oxygen atoms in total. The van der Waals surface area contributed by atoms with Crippen molar-refractivity contribution in [3.63, 3.8) is 0 Å². The van der Waals surface area contributed by atoms with Gasteiger partial charge in [-0.3, -0.25) is 4.79 Å². The van der Waals surface area contributed by atoms with E-state index in [9.17, 15) is 4.79 Å². The smallest absolute Gasteiger partial charge is 0.326 e. The maximum atomic E-state index is 12.4. The van der Waals surface area contributed by atoms with Crippen LogP contribution in [0.15, 0.2) is 21.7 Å². The standard InChI is InChI=1S/C15H23NO2S2/c1-3-16-15(14(17)18-4-2)9-5-7-12(11-15)20-13-8-6-10-19-13/h6,8,10,12,16H,3-5,7,9,11H2,1-2H3. The Morgan fingerprint density at radius 3 is 3.10 bits per heavy atom. The summed E-state index contributed by atoms with van der Waals surface area (Å²) in [5.74, 6) is -0.0710. The van der Waals surface area contributed by atoms with Gasteiger partial charge in [0.05, 0.1) is 10.8 Å². The first-order valence-electron chi connectivity index (χ1n) is 7.32. The number of thioether (sulfide) groups is 1. The molecular formula is C15H23NO2S2. The highest BCUT2D eigenvalue weighted by Gasteiger charge is 2.43. The van der Waals surface area contributed by atoms with Crippen LogP contribution in [-0.4, -0.2) is 29.9 Å². The topological polar surface area (TPSA) is 38.3 Å². The molecule has 0 saturated heterocycles. The predicted molar refractivity (Wildman–Crippen MR) is 85.5 cm³/mol. The lowest BCUT2D eigenvalue weighted by molar-refractivity contribution is -0.152. The van der Waals surface area contributed by atoms with Gasteiger partial charge in [0.25, 0.3) is 0 Å². The van der Waals surface area contributed by atoms with Gasteiger partial charge in [0, 0.05) is 5.25 Å². The third-order valence-corrected chi connectivity index (χ3v) is 6.01. The number of rotatable bonds is 6. The number of nitrogens with one attached hydrogen (secondary N) is 1. The molecule has 2 unspecified atom stereocenters. The minimum Gasteiger partial charge on any atom is -0.465 e. The number of carbonyl (C=O) groups excluding carboxylic acids is 1. The van der Waals surface area contributed by atoms with Crippen LogP contribution in [0.3, 0.4) is 0 Å². The maximum Gasteiger partial charge on any atom is 0.326 e. The Morgan fingerprint density at radius 1 is 1.60 bits per heavy atom. The Kier molecular flexibility index (Phi) is 5.93. The number of carbonyl (C=O) groups is 1. The average Bonchev–Trinajstić information content (AvgIpc) is 2.92. The molecule has 0 radical (unpaired) electrons. The first-order chi connectivity index (χ1) is 9.70. The highest BCUT2D eigenvalue weighted by atomic mass is 32.2. The van der Waals surface area contributed by atoms with Crippen LogP contribution in [0.4, 0.5) is 0 Å². The Hall–Kier alpha value is -0.520. The molecule has 2 atom stereocenters. The minimum absolute atomic E-state index is 0.0710. The van der Waals surface area contributed by atoms with Crippen molar-refractivity contribution in [2.24, 2.45) is 0 Å². The predicted octanol–water partition coefficient (Wildman–Crippen LogP) is 3.69. The number of thiophene rings is 1. The van der Waals surface area contributed by atoms with Crippen molar-refractivity contribution in [1.29, 1.82) is 0 Å². The van der Waals surface area contributed by atoms with Crippen molar-refractivity contribution in [2.45, 2.75) is 54.5 Å². The zero-order chi connectivity index (χ0) is 14.4. The number of esters is 1. The van der Waals surface area contributed by atoms with E-state index < -0.39 is 5.54 Å². The van der Waals surface area contributed by atoms with Crippen LogP contribution < -0.4 is 5.32 Å². The molecule has 1 aliphatic rings. The molecule has 0 spiro atoms. The normalized spacial score (nSPS) is 26.4. The van der Waals surface area contributed by atoms with Gasteiger partial charge in [-0.2, -0.15) is 0 Å². The van der Waals surface area contributed by atoms with E-state index in [1.54, 1.807) is 11.3 Å². The minimum atomic E-state index is -0.474.